The number of ether oxygens (including phenoxy) is 1. The minimum atomic E-state index is -2.70. The number of carbonyl (C=O) groups excluding carboxylic acids is 3. The van der Waals surface area contributed by atoms with E-state index in [2.05, 4.69) is 0 Å². The summed E-state index contributed by atoms with van der Waals surface area (Å²) in [6.07, 6.45) is -0.0847. The van der Waals surface area contributed by atoms with Crippen LogP contribution in [-0.4, -0.2) is 82.5 Å². The Hall–Kier alpha value is -4.06. The Bertz CT molecular complexity index is 1550. The number of nitrogens with two attached hydrogens (primary N) is 1. The fourth-order valence-corrected chi connectivity index (χ4v) is 6.85. The van der Waals surface area contributed by atoms with Crippen LogP contribution >= 0.6 is 0 Å². The lowest BCUT2D eigenvalue weighted by atomic mass is 9.58. The number of halogens is 1. The molecular weight excluding hydrogens is 545 g/mol. The quantitative estimate of drug-likeness (QED) is 0.362. The van der Waals surface area contributed by atoms with Crippen molar-refractivity contribution in [3.63, 3.8) is 0 Å². The van der Waals surface area contributed by atoms with Crippen LogP contribution in [0.1, 0.15) is 33.5 Å². The minimum absolute atomic E-state index is 0.0209. The Morgan fingerprint density at radius 3 is 2.40 bits per heavy atom. The Balaban J connectivity index is 1.59. The van der Waals surface area contributed by atoms with Crippen molar-refractivity contribution in [2.75, 3.05) is 28.3 Å². The molecule has 0 aromatic heterocycles. The number of Topliss-reactive ketones (excluding diaryl/α,β-unsaturated/α-hetero) is 2. The van der Waals surface area contributed by atoms with E-state index in [0.29, 0.717) is 12.1 Å². The summed E-state index contributed by atoms with van der Waals surface area (Å²) >= 11 is 0. The summed E-state index contributed by atoms with van der Waals surface area (Å²) in [6, 6.07) is 10.1. The highest BCUT2D eigenvalue weighted by molar-refractivity contribution is 6.24. The zero-order valence-corrected chi connectivity index (χ0v) is 23.8. The molecule has 4 atom stereocenters. The van der Waals surface area contributed by atoms with Crippen molar-refractivity contribution in [1.29, 1.82) is 0 Å². The van der Waals surface area contributed by atoms with Crippen LogP contribution in [0.4, 0.5) is 4.39 Å². The van der Waals surface area contributed by atoms with Crippen molar-refractivity contribution in [2.24, 2.45) is 17.6 Å². The molecule has 0 radical (unpaired) electrons. The summed E-state index contributed by atoms with van der Waals surface area (Å²) in [7, 11) is 6.33. The first-order valence-electron chi connectivity index (χ1n) is 13.6. The monoisotopic (exact) mass is 579 g/mol. The van der Waals surface area contributed by atoms with E-state index in [4.69, 9.17) is 10.5 Å². The number of ketones is 2. The van der Waals surface area contributed by atoms with Crippen LogP contribution in [0, 0.1) is 17.7 Å². The zero-order valence-electron chi connectivity index (χ0n) is 23.8. The topological polar surface area (TPSA) is 154 Å². The maximum absolute atomic E-state index is 16.2. The Morgan fingerprint density at radius 1 is 1.14 bits per heavy atom. The fourth-order valence-electron chi connectivity index (χ4n) is 6.85. The predicted molar refractivity (Wildman–Crippen MR) is 150 cm³/mol. The number of methoxy groups -OCH3 is 1. The van der Waals surface area contributed by atoms with Gasteiger partial charge in [0.2, 0.25) is 5.78 Å². The third-order valence-electron chi connectivity index (χ3n) is 8.67. The molecule has 1 amide bonds. The molecule has 0 fully saturated rings. The van der Waals surface area contributed by atoms with Crippen LogP contribution in [0.5, 0.6) is 5.75 Å². The van der Waals surface area contributed by atoms with Gasteiger partial charge in [-0.25, -0.2) is 4.39 Å². The van der Waals surface area contributed by atoms with Crippen LogP contribution in [0.15, 0.2) is 59.1 Å². The Labute approximate surface area is 242 Å². The molecule has 42 heavy (non-hydrogen) atoms. The van der Waals surface area contributed by atoms with Gasteiger partial charge < -0.3 is 25.8 Å². The molecule has 11 heteroatoms. The van der Waals surface area contributed by atoms with E-state index in [1.54, 1.807) is 14.1 Å². The lowest BCUT2D eigenvalue weighted by Crippen LogP contribution is -2.63. The standard InChI is InChI=1S/C31H34FN3O7/c1-34(2)25-19-11-16-10-18-22(26(36)21(16)28(38)31(19,41)29(39)23(27(25)37)30(33)40)20(42-4)12-17(24(18)32)14-35(3)13-15-8-6-5-7-9-15/h5-9,12,16,19,25,37-38,41H,10-11,13-14H2,1-4H3,(H2,33,40)/t16-,19-,25-,31-/m0/s1. The van der Waals surface area contributed by atoms with Gasteiger partial charge in [0.1, 0.15) is 28.7 Å². The van der Waals surface area contributed by atoms with E-state index in [1.165, 1.54) is 18.1 Å². The number of amides is 1. The zero-order chi connectivity index (χ0) is 30.7. The van der Waals surface area contributed by atoms with Crippen molar-refractivity contribution in [3.8, 4) is 5.75 Å². The fraction of sp³-hybridized carbons (Fsp3) is 0.387. The molecule has 0 saturated heterocycles. The highest BCUT2D eigenvalue weighted by atomic mass is 19.1. The van der Waals surface area contributed by atoms with Gasteiger partial charge in [-0.2, -0.15) is 0 Å². The number of aliphatic hydroxyl groups excluding tert-OH is 2. The van der Waals surface area contributed by atoms with E-state index >= 15 is 4.39 Å². The highest BCUT2D eigenvalue weighted by Gasteiger charge is 2.63. The van der Waals surface area contributed by atoms with Gasteiger partial charge in [0.05, 0.1) is 18.7 Å². The van der Waals surface area contributed by atoms with E-state index in [1.807, 2.05) is 42.3 Å². The number of fused-ring (bicyclic) bond motifs is 3. The number of hydrogen-bond acceptors (Lipinski definition) is 9. The van der Waals surface area contributed by atoms with E-state index in [9.17, 15) is 29.7 Å². The largest absolute Gasteiger partial charge is 0.510 e. The molecule has 5 N–H and O–H groups in total. The number of allylic oxidation sites excluding steroid dienone is 1. The van der Waals surface area contributed by atoms with Crippen molar-refractivity contribution in [2.45, 2.75) is 37.6 Å². The lowest BCUT2D eigenvalue weighted by molar-refractivity contribution is -0.148. The second-order valence-electron chi connectivity index (χ2n) is 11.5. The summed E-state index contributed by atoms with van der Waals surface area (Å²) in [6.45, 7) is 0.790. The van der Waals surface area contributed by atoms with Gasteiger partial charge in [0, 0.05) is 35.7 Å². The summed E-state index contributed by atoms with van der Waals surface area (Å²) in [5, 5.41) is 34.0. The molecule has 2 aromatic carbocycles. The van der Waals surface area contributed by atoms with Gasteiger partial charge >= 0.3 is 0 Å². The van der Waals surface area contributed by atoms with Gasteiger partial charge in [0.15, 0.2) is 11.4 Å². The summed E-state index contributed by atoms with van der Waals surface area (Å²) in [5.74, 6) is -7.29. The van der Waals surface area contributed by atoms with E-state index in [-0.39, 0.29) is 41.8 Å². The number of primary amides is 1. The number of rotatable bonds is 7. The molecule has 5 rings (SSSR count). The van der Waals surface area contributed by atoms with Crippen LogP contribution < -0.4 is 10.5 Å². The maximum Gasteiger partial charge on any atom is 0.255 e. The SMILES string of the molecule is COc1cc(CN(C)Cc2ccccc2)c(F)c2c1C(=O)C1=C(O)[C@]3(O)C(=O)C(C(N)=O)=C(O)[C@@H](N(C)C)[C@@H]3C[C@@H]1C2. The molecule has 0 bridgehead atoms. The number of nitrogens with zero attached hydrogens (tertiary/aromatic N) is 2. The summed E-state index contributed by atoms with van der Waals surface area (Å²) in [5.41, 5.74) is 2.99. The van der Waals surface area contributed by atoms with Crippen LogP contribution in [0.25, 0.3) is 0 Å². The molecule has 0 heterocycles. The van der Waals surface area contributed by atoms with Crippen molar-refractivity contribution < 1.29 is 38.8 Å². The first-order valence-corrected chi connectivity index (χ1v) is 13.6. The smallest absolute Gasteiger partial charge is 0.255 e. The van der Waals surface area contributed by atoms with Gasteiger partial charge in [-0.1, -0.05) is 30.3 Å². The molecule has 3 aliphatic carbocycles. The van der Waals surface area contributed by atoms with Crippen molar-refractivity contribution >= 4 is 17.5 Å². The normalized spacial score (nSPS) is 25.5. The first-order chi connectivity index (χ1) is 19.8. The van der Waals surface area contributed by atoms with Crippen LogP contribution in [0.3, 0.4) is 0 Å². The average Bonchev–Trinajstić information content (AvgIpc) is 2.92. The molecule has 2 aromatic rings. The number of likely N-dealkylation sites (N-methyl/N-ethyl adjacent to an activating group) is 1. The van der Waals surface area contributed by atoms with Crippen molar-refractivity contribution in [1.82, 2.24) is 9.80 Å². The summed E-state index contributed by atoms with van der Waals surface area (Å²) in [4.78, 5) is 42.9. The molecule has 10 nitrogen and oxygen atoms in total. The predicted octanol–water partition coefficient (Wildman–Crippen LogP) is 2.19. The molecule has 3 aliphatic rings. The molecule has 0 saturated carbocycles. The Kier molecular flexibility index (Phi) is 7.46. The van der Waals surface area contributed by atoms with Crippen molar-refractivity contribution in [3.05, 3.63) is 87.1 Å². The van der Waals surface area contributed by atoms with Crippen LogP contribution in [-0.2, 0) is 29.1 Å². The number of carbonyl (C=O) groups is 3. The van der Waals surface area contributed by atoms with Gasteiger partial charge in [-0.05, 0) is 51.5 Å². The third kappa shape index (κ3) is 4.39. The maximum atomic E-state index is 16.2. The molecule has 0 aliphatic heterocycles. The third-order valence-corrected chi connectivity index (χ3v) is 8.67. The Morgan fingerprint density at radius 2 is 1.81 bits per heavy atom. The number of benzene rings is 2. The minimum Gasteiger partial charge on any atom is -0.510 e. The lowest BCUT2D eigenvalue weighted by Gasteiger charge is -2.50. The van der Waals surface area contributed by atoms with Gasteiger partial charge in [0.25, 0.3) is 5.91 Å². The van der Waals surface area contributed by atoms with E-state index in [0.717, 1.165) is 5.56 Å². The highest BCUT2D eigenvalue weighted by Crippen LogP contribution is 2.52. The average molecular weight is 580 g/mol. The van der Waals surface area contributed by atoms with E-state index < -0.39 is 63.9 Å². The molecule has 0 spiro atoms. The second-order valence-corrected chi connectivity index (χ2v) is 11.5. The van der Waals surface area contributed by atoms with Crippen LogP contribution in [0.2, 0.25) is 0 Å². The molecule has 222 valence electrons. The second kappa shape index (κ2) is 10.6. The molecule has 0 unspecified atom stereocenters. The number of aliphatic hydroxyl groups is 3. The van der Waals surface area contributed by atoms with Gasteiger partial charge in [-0.15, -0.1) is 0 Å². The number of hydrogen-bond donors (Lipinski definition) is 4. The van der Waals surface area contributed by atoms with Gasteiger partial charge in [-0.3, -0.25) is 24.2 Å². The first kappa shape index (κ1) is 29.4. The summed E-state index contributed by atoms with van der Waals surface area (Å²) < 4.78 is 21.7. The molecular formula is C31H34FN3O7.